The van der Waals surface area contributed by atoms with Crippen molar-refractivity contribution in [3.8, 4) is 0 Å². The number of thioether (sulfide) groups is 2. The lowest BCUT2D eigenvalue weighted by Gasteiger charge is -2.27. The predicted octanol–water partition coefficient (Wildman–Crippen LogP) is 14.7. The second-order valence-electron chi connectivity index (χ2n) is 15.0. The number of hydrogen-bond acceptors (Lipinski definition) is 8. The molecule has 0 atom stereocenters. The molecular formula is C48H74N2O4S2. The van der Waals surface area contributed by atoms with Crippen LogP contribution >= 0.6 is 23.5 Å². The van der Waals surface area contributed by atoms with E-state index in [-0.39, 0.29) is 38.0 Å². The fourth-order valence-electron chi connectivity index (χ4n) is 7.11. The Morgan fingerprint density at radius 1 is 0.482 bits per heavy atom. The van der Waals surface area contributed by atoms with Crippen LogP contribution in [0.4, 0.5) is 11.4 Å². The van der Waals surface area contributed by atoms with E-state index in [0.717, 1.165) is 32.7 Å². The molecule has 0 unspecified atom stereocenters. The van der Waals surface area contributed by atoms with Crippen LogP contribution in [0.3, 0.4) is 0 Å². The van der Waals surface area contributed by atoms with Gasteiger partial charge in [0.25, 0.3) is 0 Å². The number of carbonyl (C=O) groups excluding carboxylic acids is 2. The number of ether oxygens (including phenoxy) is 2. The second-order valence-corrected chi connectivity index (χ2v) is 17.3. The van der Waals surface area contributed by atoms with E-state index in [1.54, 1.807) is 0 Å². The smallest absolute Gasteiger partial charge is 0.336 e. The fourth-order valence-corrected chi connectivity index (χ4v) is 9.14. The quantitative estimate of drug-likeness (QED) is 0.0430. The van der Waals surface area contributed by atoms with E-state index in [9.17, 15) is 9.59 Å². The van der Waals surface area contributed by atoms with E-state index in [1.165, 1.54) is 128 Å². The van der Waals surface area contributed by atoms with Gasteiger partial charge in [0.1, 0.15) is 0 Å². The molecule has 2 N–H and O–H groups in total. The van der Waals surface area contributed by atoms with Crippen molar-refractivity contribution in [1.82, 2.24) is 0 Å². The van der Waals surface area contributed by atoms with Crippen molar-refractivity contribution in [1.29, 1.82) is 0 Å². The number of nitrogens with one attached hydrogen (secondary N) is 2. The first-order chi connectivity index (χ1) is 27.5. The third-order valence-electron chi connectivity index (χ3n) is 10.3. The Balaban J connectivity index is 1.65. The molecule has 312 valence electrons. The van der Waals surface area contributed by atoms with E-state index < -0.39 is 0 Å². The standard InChI is InChI=1S/C48H74N2O4S2/c1-5-9-11-13-15-17-19-21-23-29-35-55-45-33-27-25-31-41(45)49-43-37-40(48(52)54-8-4)44(38-39(43)47(51)53-7-3)50-42-32-26-28-34-46(42)56-36-30-24-22-20-18-16-14-12-10-6-2/h25-28,31-34,49-50H,5-24,29-30,35-38H2,1-4H3. The molecule has 0 aromatic heterocycles. The van der Waals surface area contributed by atoms with Crippen LogP contribution in [0.5, 0.6) is 0 Å². The first-order valence-electron chi connectivity index (χ1n) is 22.3. The van der Waals surface area contributed by atoms with Gasteiger partial charge in [0.15, 0.2) is 0 Å². The second kappa shape index (κ2) is 30.3. The fraction of sp³-hybridized carbons (Fsp3) is 0.625. The lowest BCUT2D eigenvalue weighted by Crippen LogP contribution is -2.25. The monoisotopic (exact) mass is 807 g/mol. The Bertz CT molecular complexity index is 1360. The maximum Gasteiger partial charge on any atom is 0.336 e. The molecule has 0 saturated heterocycles. The Morgan fingerprint density at radius 3 is 1.14 bits per heavy atom. The molecular weight excluding hydrogens is 733 g/mol. The highest BCUT2D eigenvalue weighted by Gasteiger charge is 2.31. The molecule has 8 heteroatoms. The summed E-state index contributed by atoms with van der Waals surface area (Å²) in [7, 11) is 0. The number of rotatable bonds is 32. The molecule has 1 aliphatic carbocycles. The zero-order chi connectivity index (χ0) is 40.1. The summed E-state index contributed by atoms with van der Waals surface area (Å²) >= 11 is 3.70. The van der Waals surface area contributed by atoms with Crippen LogP contribution < -0.4 is 10.6 Å². The minimum Gasteiger partial charge on any atom is -0.463 e. The minimum absolute atomic E-state index is 0.237. The highest BCUT2D eigenvalue weighted by molar-refractivity contribution is 7.99. The summed E-state index contributed by atoms with van der Waals surface area (Å²) in [5.74, 6) is 1.35. The molecule has 1 aliphatic rings. The van der Waals surface area contributed by atoms with Gasteiger partial charge in [-0.25, -0.2) is 9.59 Å². The average Bonchev–Trinajstić information content (AvgIpc) is 3.20. The summed E-state index contributed by atoms with van der Waals surface area (Å²) in [6.07, 6.45) is 26.9. The number of anilines is 2. The van der Waals surface area contributed by atoms with Crippen LogP contribution in [-0.2, 0) is 19.1 Å². The van der Waals surface area contributed by atoms with Crippen molar-refractivity contribution in [3.05, 3.63) is 71.1 Å². The molecule has 0 saturated carbocycles. The molecule has 0 aliphatic heterocycles. The van der Waals surface area contributed by atoms with Gasteiger partial charge >= 0.3 is 11.9 Å². The molecule has 0 fully saturated rings. The summed E-state index contributed by atoms with van der Waals surface area (Å²) < 4.78 is 11.2. The Morgan fingerprint density at radius 2 is 0.804 bits per heavy atom. The molecule has 0 bridgehead atoms. The van der Waals surface area contributed by atoms with Crippen LogP contribution in [0, 0.1) is 0 Å². The van der Waals surface area contributed by atoms with Crippen LogP contribution in [0.2, 0.25) is 0 Å². The predicted molar refractivity (Wildman–Crippen MR) is 242 cm³/mol. The van der Waals surface area contributed by atoms with Crippen LogP contribution in [0.1, 0.15) is 169 Å². The molecule has 6 nitrogen and oxygen atoms in total. The SMILES string of the molecule is CCCCCCCCCCCCSc1ccccc1NC1=C(C(=O)OCC)CC(Nc2ccccc2SCCCCCCCCCCCC)=C(C(=O)OCC)C1. The van der Waals surface area contributed by atoms with Crippen molar-refractivity contribution in [2.45, 2.75) is 179 Å². The molecule has 56 heavy (non-hydrogen) atoms. The van der Waals surface area contributed by atoms with Gasteiger partial charge < -0.3 is 20.1 Å². The number of allylic oxidation sites excluding steroid dienone is 2. The van der Waals surface area contributed by atoms with E-state index >= 15 is 0 Å². The lowest BCUT2D eigenvalue weighted by molar-refractivity contribution is -0.140. The number of carbonyl (C=O) groups is 2. The summed E-state index contributed by atoms with van der Waals surface area (Å²) in [5.41, 5.74) is 4.32. The largest absolute Gasteiger partial charge is 0.463 e. The molecule has 0 heterocycles. The molecule has 0 spiro atoms. The summed E-state index contributed by atoms with van der Waals surface area (Å²) in [6, 6.07) is 16.5. The molecule has 3 rings (SSSR count). The number of esters is 2. The van der Waals surface area contributed by atoms with Gasteiger partial charge in [-0.15, -0.1) is 23.5 Å². The van der Waals surface area contributed by atoms with Gasteiger partial charge in [-0.3, -0.25) is 0 Å². The maximum atomic E-state index is 13.6. The summed E-state index contributed by atoms with van der Waals surface area (Å²) in [6.45, 7) is 8.75. The van der Waals surface area contributed by atoms with E-state index in [1.807, 2.05) is 49.5 Å². The Kier molecular flexibility index (Phi) is 25.7. The van der Waals surface area contributed by atoms with Crippen molar-refractivity contribution in [2.75, 3.05) is 35.4 Å². The third kappa shape index (κ3) is 18.6. The number of hydrogen-bond donors (Lipinski definition) is 2. The first-order valence-corrected chi connectivity index (χ1v) is 24.2. The van der Waals surface area contributed by atoms with Gasteiger partial charge in [0, 0.05) is 34.0 Å². The zero-order valence-corrected chi connectivity index (χ0v) is 37.1. The Hall–Kier alpha value is -2.84. The summed E-state index contributed by atoms with van der Waals surface area (Å²) in [4.78, 5) is 29.4. The highest BCUT2D eigenvalue weighted by Crippen LogP contribution is 2.38. The molecule has 0 radical (unpaired) electrons. The van der Waals surface area contributed by atoms with E-state index in [0.29, 0.717) is 22.5 Å². The van der Waals surface area contributed by atoms with Gasteiger partial charge in [0.05, 0.1) is 35.7 Å². The molecule has 2 aromatic rings. The topological polar surface area (TPSA) is 76.7 Å². The molecule has 0 amide bonds. The van der Waals surface area contributed by atoms with Crippen LogP contribution in [-0.4, -0.2) is 36.7 Å². The number of unbranched alkanes of at least 4 members (excludes halogenated alkanes) is 18. The van der Waals surface area contributed by atoms with Crippen molar-refractivity contribution >= 4 is 46.8 Å². The van der Waals surface area contributed by atoms with Crippen molar-refractivity contribution in [2.24, 2.45) is 0 Å². The van der Waals surface area contributed by atoms with Crippen molar-refractivity contribution < 1.29 is 19.1 Å². The molecule has 2 aromatic carbocycles. The first kappa shape index (κ1) is 47.5. The van der Waals surface area contributed by atoms with E-state index in [2.05, 4.69) is 60.9 Å². The van der Waals surface area contributed by atoms with E-state index in [4.69, 9.17) is 9.47 Å². The van der Waals surface area contributed by atoms with Crippen molar-refractivity contribution in [3.63, 3.8) is 0 Å². The Labute approximate surface area is 349 Å². The normalized spacial score (nSPS) is 12.9. The van der Waals surface area contributed by atoms with Crippen LogP contribution in [0.15, 0.2) is 80.9 Å². The highest BCUT2D eigenvalue weighted by atomic mass is 32.2. The zero-order valence-electron chi connectivity index (χ0n) is 35.5. The number of para-hydroxylation sites is 2. The van der Waals surface area contributed by atoms with Gasteiger partial charge in [0.2, 0.25) is 0 Å². The average molecular weight is 807 g/mol. The van der Waals surface area contributed by atoms with Crippen LogP contribution in [0.25, 0.3) is 0 Å². The third-order valence-corrected chi connectivity index (χ3v) is 12.7. The van der Waals surface area contributed by atoms with Gasteiger partial charge in [-0.2, -0.15) is 0 Å². The van der Waals surface area contributed by atoms with Gasteiger partial charge in [-0.1, -0.05) is 154 Å². The maximum absolute atomic E-state index is 13.6. The van der Waals surface area contributed by atoms with Gasteiger partial charge in [-0.05, 0) is 62.5 Å². The number of benzene rings is 2. The lowest BCUT2D eigenvalue weighted by atomic mass is 9.92. The minimum atomic E-state index is -0.365. The summed E-state index contributed by atoms with van der Waals surface area (Å²) in [5, 5.41) is 7.20.